The van der Waals surface area contributed by atoms with E-state index in [-0.39, 0.29) is 5.41 Å². The first-order valence-electron chi connectivity index (χ1n) is 20.3. The van der Waals surface area contributed by atoms with E-state index in [1.807, 2.05) is 0 Å². The molecule has 278 valence electrons. The molecule has 0 saturated carbocycles. The van der Waals surface area contributed by atoms with Gasteiger partial charge < -0.3 is 4.90 Å². The first-order valence-corrected chi connectivity index (χ1v) is 20.3. The van der Waals surface area contributed by atoms with Crippen molar-refractivity contribution < 1.29 is 0 Å². The van der Waals surface area contributed by atoms with Crippen molar-refractivity contribution in [2.24, 2.45) is 0 Å². The minimum atomic E-state index is -0.0380. The van der Waals surface area contributed by atoms with Gasteiger partial charge in [0.15, 0.2) is 0 Å². The molecule has 0 heterocycles. The summed E-state index contributed by atoms with van der Waals surface area (Å²) in [5, 5.41) is 2.56. The van der Waals surface area contributed by atoms with Crippen molar-refractivity contribution in [1.82, 2.24) is 0 Å². The Bertz CT molecular complexity index is 2950. The van der Waals surface area contributed by atoms with Gasteiger partial charge in [0.1, 0.15) is 0 Å². The van der Waals surface area contributed by atoms with Gasteiger partial charge >= 0.3 is 0 Å². The Morgan fingerprint density at radius 2 is 0.810 bits per heavy atom. The molecule has 9 aromatic carbocycles. The molecule has 10 rings (SSSR count). The average molecular weight is 744 g/mol. The highest BCUT2D eigenvalue weighted by Gasteiger charge is 2.35. The smallest absolute Gasteiger partial charge is 0.0462 e. The Hall–Kier alpha value is -6.96. The second-order valence-corrected chi connectivity index (χ2v) is 16.2. The quantitative estimate of drug-likeness (QED) is 0.157. The predicted molar refractivity (Wildman–Crippen MR) is 247 cm³/mol. The number of hydrogen-bond acceptors (Lipinski definition) is 1. The minimum Gasteiger partial charge on any atom is -0.311 e. The molecule has 1 aliphatic rings. The van der Waals surface area contributed by atoms with E-state index in [0.29, 0.717) is 0 Å². The van der Waals surface area contributed by atoms with Gasteiger partial charge in [0.25, 0.3) is 0 Å². The summed E-state index contributed by atoms with van der Waals surface area (Å²) in [5.41, 5.74) is 21.3. The maximum absolute atomic E-state index is 2.41. The Morgan fingerprint density at radius 3 is 1.47 bits per heavy atom. The van der Waals surface area contributed by atoms with Crippen molar-refractivity contribution in [1.29, 1.82) is 0 Å². The first kappa shape index (κ1) is 35.5. The van der Waals surface area contributed by atoms with E-state index < -0.39 is 0 Å². The second-order valence-electron chi connectivity index (χ2n) is 16.2. The second kappa shape index (κ2) is 14.2. The van der Waals surface area contributed by atoms with Gasteiger partial charge in [0.05, 0.1) is 0 Å². The van der Waals surface area contributed by atoms with Crippen molar-refractivity contribution in [3.63, 3.8) is 0 Å². The SMILES string of the molecule is Cc1ccccc1-c1cc(-c2ccc(N(c3ccc(-c4ccccc4)cc3)c3ccc(-c4ccc5c(c4)C(C)(C)c4ccccc4-5)cc3)cc2)c2ccccc2c1C. The van der Waals surface area contributed by atoms with E-state index in [0.717, 1.165) is 17.1 Å². The molecule has 0 N–H and O–H groups in total. The van der Waals surface area contributed by atoms with Crippen LogP contribution in [0.3, 0.4) is 0 Å². The lowest BCUT2D eigenvalue weighted by Crippen LogP contribution is -2.14. The summed E-state index contributed by atoms with van der Waals surface area (Å²) in [6, 6.07) is 73.6. The fourth-order valence-corrected chi connectivity index (χ4v) is 9.27. The van der Waals surface area contributed by atoms with E-state index in [9.17, 15) is 0 Å². The van der Waals surface area contributed by atoms with Crippen LogP contribution in [0.4, 0.5) is 17.1 Å². The van der Waals surface area contributed by atoms with E-state index in [2.05, 4.69) is 233 Å². The largest absolute Gasteiger partial charge is 0.311 e. The molecule has 0 aromatic heterocycles. The summed E-state index contributed by atoms with van der Waals surface area (Å²) in [5.74, 6) is 0. The van der Waals surface area contributed by atoms with Crippen molar-refractivity contribution in [3.8, 4) is 55.6 Å². The van der Waals surface area contributed by atoms with Gasteiger partial charge in [-0.15, -0.1) is 0 Å². The number of hydrogen-bond donors (Lipinski definition) is 0. The summed E-state index contributed by atoms with van der Waals surface area (Å²) in [6.45, 7) is 9.16. The molecule has 0 aliphatic heterocycles. The van der Waals surface area contributed by atoms with E-state index in [1.165, 1.54) is 88.7 Å². The topological polar surface area (TPSA) is 3.24 Å². The van der Waals surface area contributed by atoms with Crippen LogP contribution < -0.4 is 4.90 Å². The summed E-state index contributed by atoms with van der Waals surface area (Å²) in [4.78, 5) is 2.37. The summed E-state index contributed by atoms with van der Waals surface area (Å²) >= 11 is 0. The van der Waals surface area contributed by atoms with Gasteiger partial charge in [-0.3, -0.25) is 0 Å². The van der Waals surface area contributed by atoms with Crippen LogP contribution in [0.5, 0.6) is 0 Å². The molecule has 0 saturated heterocycles. The number of rotatable bonds is 7. The van der Waals surface area contributed by atoms with Gasteiger partial charge in [-0.05, 0) is 151 Å². The highest BCUT2D eigenvalue weighted by molar-refractivity contribution is 6.03. The summed E-state index contributed by atoms with van der Waals surface area (Å²) < 4.78 is 0. The number of benzene rings is 9. The van der Waals surface area contributed by atoms with Crippen LogP contribution in [-0.2, 0) is 5.41 Å². The molecule has 0 amide bonds. The lowest BCUT2D eigenvalue weighted by Gasteiger charge is -2.26. The van der Waals surface area contributed by atoms with E-state index in [1.54, 1.807) is 0 Å². The third kappa shape index (κ3) is 6.03. The van der Waals surface area contributed by atoms with Crippen LogP contribution in [0, 0.1) is 13.8 Å². The molecule has 1 aliphatic carbocycles. The van der Waals surface area contributed by atoms with E-state index >= 15 is 0 Å². The maximum atomic E-state index is 2.41. The zero-order chi connectivity index (χ0) is 39.4. The number of nitrogens with zero attached hydrogens (tertiary/aromatic N) is 1. The lowest BCUT2D eigenvalue weighted by molar-refractivity contribution is 0.660. The predicted octanol–water partition coefficient (Wildman–Crippen LogP) is 15.9. The van der Waals surface area contributed by atoms with Crippen LogP contribution in [0.1, 0.15) is 36.1 Å². The number of fused-ring (bicyclic) bond motifs is 4. The Labute approximate surface area is 342 Å². The lowest BCUT2D eigenvalue weighted by atomic mass is 9.81. The average Bonchev–Trinajstić information content (AvgIpc) is 3.50. The third-order valence-electron chi connectivity index (χ3n) is 12.5. The molecular weight excluding hydrogens is 699 g/mol. The molecule has 0 unspecified atom stereocenters. The Kier molecular flexibility index (Phi) is 8.68. The minimum absolute atomic E-state index is 0.0380. The highest BCUT2D eigenvalue weighted by atomic mass is 15.1. The standard InChI is InChI=1S/C57H45N/c1-38-14-8-9-17-48(38)53-37-54(50-19-11-10-18-49(50)39(53)2)43-26-33-47(34-27-43)58(45-29-22-41(23-30-45)40-15-6-5-7-16-40)46-31-24-42(25-32-46)44-28-35-52-51-20-12-13-21-55(51)57(3,4)56(52)36-44/h5-37H,1-4H3. The molecule has 0 bridgehead atoms. The zero-order valence-corrected chi connectivity index (χ0v) is 33.5. The van der Waals surface area contributed by atoms with E-state index in [4.69, 9.17) is 0 Å². The molecule has 0 fully saturated rings. The van der Waals surface area contributed by atoms with Gasteiger partial charge in [0, 0.05) is 22.5 Å². The normalized spacial score (nSPS) is 12.6. The molecule has 1 nitrogen and oxygen atoms in total. The Morgan fingerprint density at radius 1 is 0.328 bits per heavy atom. The first-order chi connectivity index (χ1) is 28.3. The summed E-state index contributed by atoms with van der Waals surface area (Å²) in [7, 11) is 0. The van der Waals surface area contributed by atoms with Crippen molar-refractivity contribution in [2.45, 2.75) is 33.1 Å². The number of anilines is 3. The molecule has 0 atom stereocenters. The third-order valence-corrected chi connectivity index (χ3v) is 12.5. The molecular formula is C57H45N. The van der Waals surface area contributed by atoms with Crippen LogP contribution in [0.15, 0.2) is 200 Å². The number of aryl methyl sites for hydroxylation is 2. The zero-order valence-electron chi connectivity index (χ0n) is 33.5. The van der Waals surface area contributed by atoms with Crippen LogP contribution in [-0.4, -0.2) is 0 Å². The molecule has 0 spiro atoms. The van der Waals surface area contributed by atoms with Crippen molar-refractivity contribution >= 4 is 27.8 Å². The summed E-state index contributed by atoms with van der Waals surface area (Å²) in [6.07, 6.45) is 0. The highest BCUT2D eigenvalue weighted by Crippen LogP contribution is 2.50. The van der Waals surface area contributed by atoms with Gasteiger partial charge in [-0.25, -0.2) is 0 Å². The Balaban J connectivity index is 1.04. The van der Waals surface area contributed by atoms with Crippen molar-refractivity contribution in [2.75, 3.05) is 4.90 Å². The fourth-order valence-electron chi connectivity index (χ4n) is 9.27. The van der Waals surface area contributed by atoms with Gasteiger partial charge in [0.2, 0.25) is 0 Å². The van der Waals surface area contributed by atoms with Gasteiger partial charge in [-0.1, -0.05) is 166 Å². The monoisotopic (exact) mass is 743 g/mol. The van der Waals surface area contributed by atoms with Gasteiger partial charge in [-0.2, -0.15) is 0 Å². The molecule has 58 heavy (non-hydrogen) atoms. The fraction of sp³-hybridized carbons (Fsp3) is 0.0877. The van der Waals surface area contributed by atoms with Crippen molar-refractivity contribution in [3.05, 3.63) is 222 Å². The van der Waals surface area contributed by atoms with Crippen LogP contribution in [0.25, 0.3) is 66.4 Å². The molecule has 0 radical (unpaired) electrons. The molecule has 9 aromatic rings. The molecule has 1 heteroatoms. The van der Waals surface area contributed by atoms with Crippen LogP contribution in [0.2, 0.25) is 0 Å². The van der Waals surface area contributed by atoms with Crippen LogP contribution >= 0.6 is 0 Å². The maximum Gasteiger partial charge on any atom is 0.0462 e.